The molecule has 0 aliphatic heterocycles. The van der Waals surface area contributed by atoms with Crippen LogP contribution in [0.3, 0.4) is 0 Å². The minimum absolute atomic E-state index is 1.11. The van der Waals surface area contributed by atoms with Crippen molar-refractivity contribution >= 4 is 0 Å². The van der Waals surface area contributed by atoms with Crippen LogP contribution in [-0.4, -0.2) is 0 Å². The summed E-state index contributed by atoms with van der Waals surface area (Å²) in [6.07, 6.45) is 14.9. The van der Waals surface area contributed by atoms with Crippen molar-refractivity contribution in [2.24, 2.45) is 0 Å². The van der Waals surface area contributed by atoms with Gasteiger partial charge in [-0.05, 0) is 25.3 Å². The van der Waals surface area contributed by atoms with E-state index in [1.807, 2.05) is 0 Å². The van der Waals surface area contributed by atoms with E-state index < -0.39 is 0 Å². The normalized spacial score (nSPS) is 10.8. The third-order valence-corrected chi connectivity index (χ3v) is 3.84. The molecule has 0 spiro atoms. The first-order chi connectivity index (χ1) is 9.33. The Bertz CT molecular complexity index is 296. The molecule has 0 atom stereocenters. The second-order valence-electron chi connectivity index (χ2n) is 5.77. The van der Waals surface area contributed by atoms with Crippen LogP contribution in [0, 0.1) is 13.8 Å². The minimum atomic E-state index is 1.11. The molecule has 0 aliphatic carbocycles. The molecule has 0 nitrogen and oxygen atoms in total. The van der Waals surface area contributed by atoms with Gasteiger partial charge in [-0.3, -0.25) is 0 Å². The molecular formula is C19H31. The van der Waals surface area contributed by atoms with Crippen LogP contribution in [0.1, 0.15) is 75.3 Å². The lowest BCUT2D eigenvalue weighted by atomic mass is 10.0. The molecule has 1 rings (SSSR count). The Hall–Kier alpha value is -0.780. The van der Waals surface area contributed by atoms with E-state index in [4.69, 9.17) is 0 Å². The summed E-state index contributed by atoms with van der Waals surface area (Å²) in [7, 11) is 0. The van der Waals surface area contributed by atoms with Gasteiger partial charge in [-0.2, -0.15) is 0 Å². The van der Waals surface area contributed by atoms with E-state index in [1.54, 1.807) is 0 Å². The van der Waals surface area contributed by atoms with Gasteiger partial charge < -0.3 is 0 Å². The maximum atomic E-state index is 3.88. The summed E-state index contributed by atoms with van der Waals surface area (Å²) in [5.74, 6) is 0. The summed E-state index contributed by atoms with van der Waals surface area (Å²) in [5.41, 5.74) is 2.86. The Morgan fingerprint density at radius 2 is 1.16 bits per heavy atom. The smallest absolute Gasteiger partial charge is 0.0279 e. The van der Waals surface area contributed by atoms with Gasteiger partial charge in [0, 0.05) is 0 Å². The molecule has 107 valence electrons. The highest BCUT2D eigenvalue weighted by molar-refractivity contribution is 5.21. The van der Waals surface area contributed by atoms with E-state index in [2.05, 4.69) is 38.1 Å². The summed E-state index contributed by atoms with van der Waals surface area (Å²) >= 11 is 0. The third-order valence-electron chi connectivity index (χ3n) is 3.84. The predicted molar refractivity (Wildman–Crippen MR) is 86.4 cm³/mol. The molecular weight excluding hydrogens is 228 g/mol. The highest BCUT2D eigenvalue weighted by Crippen LogP contribution is 2.12. The monoisotopic (exact) mass is 259 g/mol. The second kappa shape index (κ2) is 11.1. The molecule has 1 aromatic rings. The number of rotatable bonds is 11. The molecule has 0 aliphatic rings. The van der Waals surface area contributed by atoms with Gasteiger partial charge in [0.05, 0.1) is 0 Å². The van der Waals surface area contributed by atoms with Crippen molar-refractivity contribution in [1.29, 1.82) is 0 Å². The Balaban J connectivity index is 1.87. The molecule has 0 fully saturated rings. The highest BCUT2D eigenvalue weighted by Gasteiger charge is 1.95. The van der Waals surface area contributed by atoms with E-state index >= 15 is 0 Å². The van der Waals surface area contributed by atoms with Crippen LogP contribution < -0.4 is 0 Å². The number of benzene rings is 1. The fourth-order valence-electron chi connectivity index (χ4n) is 2.50. The van der Waals surface area contributed by atoms with Crippen LogP contribution in [0.5, 0.6) is 0 Å². The average molecular weight is 259 g/mol. The molecule has 19 heavy (non-hydrogen) atoms. The van der Waals surface area contributed by atoms with Crippen LogP contribution in [0.4, 0.5) is 0 Å². The van der Waals surface area contributed by atoms with Crippen molar-refractivity contribution in [2.75, 3.05) is 0 Å². The average Bonchev–Trinajstić information content (AvgIpc) is 2.43. The fourth-order valence-corrected chi connectivity index (χ4v) is 2.50. The molecule has 0 aromatic heterocycles. The Morgan fingerprint density at radius 1 is 0.684 bits per heavy atom. The summed E-state index contributed by atoms with van der Waals surface area (Å²) in [4.78, 5) is 0. The van der Waals surface area contributed by atoms with Gasteiger partial charge in [-0.1, -0.05) is 94.5 Å². The molecule has 1 aromatic carbocycles. The molecule has 0 heteroatoms. The zero-order valence-electron chi connectivity index (χ0n) is 12.8. The van der Waals surface area contributed by atoms with Crippen molar-refractivity contribution in [3.8, 4) is 0 Å². The topological polar surface area (TPSA) is 0 Å². The predicted octanol–water partition coefficient (Wildman–Crippen LogP) is 6.27. The summed E-state index contributed by atoms with van der Waals surface area (Å²) < 4.78 is 0. The van der Waals surface area contributed by atoms with Crippen molar-refractivity contribution < 1.29 is 0 Å². The first kappa shape index (κ1) is 16.3. The fraction of sp³-hybridized carbons (Fsp3) is 0.632. The SMILES string of the molecule is [CH2]CCCCCCCCCCCc1ccc(C)cc1. The zero-order chi connectivity index (χ0) is 13.8. The molecule has 0 amide bonds. The van der Waals surface area contributed by atoms with E-state index in [9.17, 15) is 0 Å². The second-order valence-corrected chi connectivity index (χ2v) is 5.77. The van der Waals surface area contributed by atoms with Crippen LogP contribution in [-0.2, 0) is 6.42 Å². The van der Waals surface area contributed by atoms with Crippen LogP contribution in [0.25, 0.3) is 0 Å². The van der Waals surface area contributed by atoms with Gasteiger partial charge in [0.25, 0.3) is 0 Å². The number of hydrogen-bond acceptors (Lipinski definition) is 0. The lowest BCUT2D eigenvalue weighted by Gasteiger charge is -2.03. The van der Waals surface area contributed by atoms with E-state index in [0.717, 1.165) is 6.42 Å². The largest absolute Gasteiger partial charge is 0.0591 e. The van der Waals surface area contributed by atoms with E-state index in [0.29, 0.717) is 0 Å². The van der Waals surface area contributed by atoms with Crippen molar-refractivity contribution in [3.63, 3.8) is 0 Å². The number of unbranched alkanes of at least 4 members (excludes halogenated alkanes) is 9. The Kier molecular flexibility index (Phi) is 9.49. The van der Waals surface area contributed by atoms with E-state index in [1.165, 1.54) is 75.3 Å². The number of hydrogen-bond donors (Lipinski definition) is 0. The van der Waals surface area contributed by atoms with Crippen molar-refractivity contribution in [3.05, 3.63) is 42.3 Å². The van der Waals surface area contributed by atoms with Gasteiger partial charge in [0.2, 0.25) is 0 Å². The summed E-state index contributed by atoms with van der Waals surface area (Å²) in [6.45, 7) is 6.04. The summed E-state index contributed by atoms with van der Waals surface area (Å²) in [6, 6.07) is 9.00. The van der Waals surface area contributed by atoms with Crippen LogP contribution in [0.15, 0.2) is 24.3 Å². The molecule has 0 heterocycles. The maximum Gasteiger partial charge on any atom is -0.0279 e. The van der Waals surface area contributed by atoms with Gasteiger partial charge in [-0.25, -0.2) is 0 Å². The van der Waals surface area contributed by atoms with Gasteiger partial charge in [0.1, 0.15) is 0 Å². The molecule has 0 saturated carbocycles. The standard InChI is InChI=1S/C19H31/c1-3-4-5-6-7-8-9-10-11-12-13-19-16-14-18(2)15-17-19/h14-17H,1,3-13H2,2H3. The highest BCUT2D eigenvalue weighted by atomic mass is 14.0. The molecule has 0 N–H and O–H groups in total. The first-order valence-corrected chi connectivity index (χ1v) is 8.17. The molecule has 0 saturated heterocycles. The first-order valence-electron chi connectivity index (χ1n) is 8.17. The molecule has 0 bridgehead atoms. The summed E-state index contributed by atoms with van der Waals surface area (Å²) in [5, 5.41) is 0. The minimum Gasteiger partial charge on any atom is -0.0591 e. The van der Waals surface area contributed by atoms with Crippen LogP contribution >= 0.6 is 0 Å². The molecule has 0 unspecified atom stereocenters. The Labute approximate surface area is 120 Å². The van der Waals surface area contributed by atoms with Gasteiger partial charge >= 0.3 is 0 Å². The zero-order valence-corrected chi connectivity index (χ0v) is 12.8. The lowest BCUT2D eigenvalue weighted by molar-refractivity contribution is 0.560. The van der Waals surface area contributed by atoms with Crippen molar-refractivity contribution in [1.82, 2.24) is 0 Å². The van der Waals surface area contributed by atoms with Gasteiger partial charge in [-0.15, -0.1) is 0 Å². The van der Waals surface area contributed by atoms with E-state index in [-0.39, 0.29) is 0 Å². The quantitative estimate of drug-likeness (QED) is 0.411. The van der Waals surface area contributed by atoms with Crippen LogP contribution in [0.2, 0.25) is 0 Å². The molecule has 1 radical (unpaired) electrons. The third kappa shape index (κ3) is 8.86. The lowest BCUT2D eigenvalue weighted by Crippen LogP contribution is -1.87. The van der Waals surface area contributed by atoms with Crippen molar-refractivity contribution in [2.45, 2.75) is 77.6 Å². The maximum absolute atomic E-state index is 3.88. The van der Waals surface area contributed by atoms with Gasteiger partial charge in [0.15, 0.2) is 0 Å². The number of aryl methyl sites for hydroxylation is 2. The Morgan fingerprint density at radius 3 is 1.68 bits per heavy atom.